The van der Waals surface area contributed by atoms with Crippen molar-refractivity contribution in [2.45, 2.75) is 13.0 Å². The molecule has 0 radical (unpaired) electrons. The summed E-state index contributed by atoms with van der Waals surface area (Å²) in [4.78, 5) is 22.3. The van der Waals surface area contributed by atoms with E-state index in [0.29, 0.717) is 19.6 Å². The molecule has 0 saturated carbocycles. The zero-order valence-electron chi connectivity index (χ0n) is 16.1. The first-order valence-corrected chi connectivity index (χ1v) is 9.59. The van der Waals surface area contributed by atoms with Gasteiger partial charge >= 0.3 is 0 Å². The third-order valence-electron chi connectivity index (χ3n) is 5.07. The number of benzene rings is 2. The van der Waals surface area contributed by atoms with Gasteiger partial charge in [0, 0.05) is 42.3 Å². The Balaban J connectivity index is 1.53. The summed E-state index contributed by atoms with van der Waals surface area (Å²) < 4.78 is 0. The monoisotopic (exact) mass is 389 g/mol. The predicted molar refractivity (Wildman–Crippen MR) is 114 cm³/mol. The summed E-state index contributed by atoms with van der Waals surface area (Å²) in [6.45, 7) is 5.95. The topological polar surface area (TPSA) is 90.4 Å². The number of carbonyl (C=O) groups excluding carboxylic acids is 1. The number of aromatic nitrogens is 2. The number of hydrogen-bond acceptors (Lipinski definition) is 6. The second kappa shape index (κ2) is 8.18. The van der Waals surface area contributed by atoms with Crippen molar-refractivity contribution < 1.29 is 9.90 Å². The Morgan fingerprint density at radius 2 is 2.10 bits per heavy atom. The first kappa shape index (κ1) is 18.7. The fraction of sp³-hybridized carbons (Fsp3) is 0.227. The van der Waals surface area contributed by atoms with Gasteiger partial charge in [-0.3, -0.25) is 4.79 Å². The van der Waals surface area contributed by atoms with Crippen LogP contribution in [-0.2, 0) is 17.8 Å². The second-order valence-corrected chi connectivity index (χ2v) is 6.93. The maximum Gasteiger partial charge on any atom is 0.243 e. The molecule has 2 heterocycles. The molecule has 1 aliphatic heterocycles. The Labute approximate surface area is 169 Å². The van der Waals surface area contributed by atoms with Gasteiger partial charge in [0.15, 0.2) is 0 Å². The largest absolute Gasteiger partial charge is 0.508 e. The van der Waals surface area contributed by atoms with Crippen LogP contribution in [0, 0.1) is 0 Å². The molecule has 7 nitrogen and oxygen atoms in total. The summed E-state index contributed by atoms with van der Waals surface area (Å²) in [5, 5.41) is 18.3. The van der Waals surface area contributed by atoms with Crippen molar-refractivity contribution in [2.75, 3.05) is 29.9 Å². The van der Waals surface area contributed by atoms with Crippen molar-refractivity contribution in [1.29, 1.82) is 0 Å². The van der Waals surface area contributed by atoms with Crippen LogP contribution in [0.1, 0.15) is 11.3 Å². The lowest BCUT2D eigenvalue weighted by Crippen LogP contribution is -2.32. The lowest BCUT2D eigenvalue weighted by Gasteiger charge is -2.31. The molecule has 2 aromatic carbocycles. The van der Waals surface area contributed by atoms with Gasteiger partial charge in [-0.05, 0) is 23.9 Å². The molecule has 1 aromatic heterocycles. The first-order valence-electron chi connectivity index (χ1n) is 9.59. The van der Waals surface area contributed by atoms with Gasteiger partial charge in [-0.2, -0.15) is 0 Å². The lowest BCUT2D eigenvalue weighted by molar-refractivity contribution is -0.116. The quantitative estimate of drug-likeness (QED) is 0.444. The Morgan fingerprint density at radius 1 is 1.24 bits per heavy atom. The van der Waals surface area contributed by atoms with E-state index in [1.54, 1.807) is 12.4 Å². The molecular formula is C22H23N5O2. The molecule has 1 amide bonds. The fourth-order valence-corrected chi connectivity index (χ4v) is 3.69. The summed E-state index contributed by atoms with van der Waals surface area (Å²) in [5.74, 6) is 0.880. The van der Waals surface area contributed by atoms with Crippen LogP contribution < -0.4 is 15.5 Å². The van der Waals surface area contributed by atoms with Crippen molar-refractivity contribution in [3.63, 3.8) is 0 Å². The van der Waals surface area contributed by atoms with Crippen LogP contribution >= 0.6 is 0 Å². The Hall–Kier alpha value is -3.61. The standard InChI is InChI=1S/C22H23N5O2/c1-2-21(29)23-8-9-24-22-18-7-10-27(13-19(18)25-14-26-22)20-12-16(28)11-15-5-3-4-6-17(15)20/h2-6,11-12,14,28H,1,7-10,13H2,(H,23,29)(H,24,25,26). The summed E-state index contributed by atoms with van der Waals surface area (Å²) >= 11 is 0. The van der Waals surface area contributed by atoms with Gasteiger partial charge in [-0.25, -0.2) is 9.97 Å². The molecule has 4 rings (SSSR count). The molecule has 0 aliphatic carbocycles. The minimum atomic E-state index is -0.189. The number of carbonyl (C=O) groups is 1. The molecule has 1 aliphatic rings. The van der Waals surface area contributed by atoms with E-state index in [4.69, 9.17) is 0 Å². The van der Waals surface area contributed by atoms with Crippen molar-refractivity contribution >= 4 is 28.2 Å². The highest BCUT2D eigenvalue weighted by Gasteiger charge is 2.22. The third-order valence-corrected chi connectivity index (χ3v) is 5.07. The van der Waals surface area contributed by atoms with E-state index in [9.17, 15) is 9.90 Å². The lowest BCUT2D eigenvalue weighted by atomic mass is 10.0. The van der Waals surface area contributed by atoms with Gasteiger partial charge in [-0.1, -0.05) is 30.8 Å². The number of phenolic OH excluding ortho intramolecular Hbond substituents is 1. The highest BCUT2D eigenvalue weighted by atomic mass is 16.3. The molecule has 0 fully saturated rings. The Kier molecular flexibility index (Phi) is 5.29. The molecule has 3 N–H and O–H groups in total. The summed E-state index contributed by atoms with van der Waals surface area (Å²) in [5.41, 5.74) is 3.08. The zero-order valence-corrected chi connectivity index (χ0v) is 16.1. The van der Waals surface area contributed by atoms with E-state index >= 15 is 0 Å². The van der Waals surface area contributed by atoms with Gasteiger partial charge in [0.1, 0.15) is 17.9 Å². The normalized spacial score (nSPS) is 13.0. The van der Waals surface area contributed by atoms with Crippen molar-refractivity contribution in [3.8, 4) is 5.75 Å². The number of anilines is 2. The van der Waals surface area contributed by atoms with Crippen LogP contribution in [-0.4, -0.2) is 40.6 Å². The number of rotatable bonds is 6. The molecule has 3 aromatic rings. The number of amides is 1. The molecule has 0 unspecified atom stereocenters. The zero-order chi connectivity index (χ0) is 20.2. The van der Waals surface area contributed by atoms with E-state index in [0.717, 1.165) is 46.5 Å². The molecule has 0 spiro atoms. The second-order valence-electron chi connectivity index (χ2n) is 6.93. The van der Waals surface area contributed by atoms with Gasteiger partial charge in [0.25, 0.3) is 0 Å². The molecule has 7 heteroatoms. The van der Waals surface area contributed by atoms with Gasteiger partial charge < -0.3 is 20.6 Å². The van der Waals surface area contributed by atoms with Gasteiger partial charge in [0.2, 0.25) is 5.91 Å². The van der Waals surface area contributed by atoms with E-state index in [-0.39, 0.29) is 11.7 Å². The van der Waals surface area contributed by atoms with Crippen LogP contribution in [0.2, 0.25) is 0 Å². The number of nitrogens with one attached hydrogen (secondary N) is 2. The number of aromatic hydroxyl groups is 1. The summed E-state index contributed by atoms with van der Waals surface area (Å²) in [6.07, 6.45) is 3.61. The fourth-order valence-electron chi connectivity index (χ4n) is 3.69. The maximum absolute atomic E-state index is 11.2. The number of nitrogens with zero attached hydrogens (tertiary/aromatic N) is 3. The van der Waals surface area contributed by atoms with Crippen molar-refractivity contribution in [1.82, 2.24) is 15.3 Å². The molecule has 29 heavy (non-hydrogen) atoms. The van der Waals surface area contributed by atoms with Crippen LogP contribution in [0.4, 0.5) is 11.5 Å². The highest BCUT2D eigenvalue weighted by molar-refractivity contribution is 5.95. The van der Waals surface area contributed by atoms with Crippen LogP contribution in [0.5, 0.6) is 5.75 Å². The third kappa shape index (κ3) is 3.99. The van der Waals surface area contributed by atoms with E-state index in [1.165, 1.54) is 6.08 Å². The average Bonchev–Trinajstić information content (AvgIpc) is 2.75. The summed E-state index contributed by atoms with van der Waals surface area (Å²) in [6, 6.07) is 11.7. The molecule has 148 valence electrons. The number of fused-ring (bicyclic) bond motifs is 2. The summed E-state index contributed by atoms with van der Waals surface area (Å²) in [7, 11) is 0. The molecule has 0 atom stereocenters. The minimum Gasteiger partial charge on any atom is -0.508 e. The average molecular weight is 389 g/mol. The van der Waals surface area contributed by atoms with Gasteiger partial charge in [0.05, 0.1) is 12.2 Å². The van der Waals surface area contributed by atoms with E-state index in [1.807, 2.05) is 24.3 Å². The van der Waals surface area contributed by atoms with Crippen LogP contribution in [0.3, 0.4) is 0 Å². The smallest absolute Gasteiger partial charge is 0.243 e. The first-order chi connectivity index (χ1) is 14.2. The van der Waals surface area contributed by atoms with Crippen molar-refractivity contribution in [2.24, 2.45) is 0 Å². The predicted octanol–water partition coefficient (Wildman–Crippen LogP) is 2.61. The minimum absolute atomic E-state index is 0.189. The Morgan fingerprint density at radius 3 is 2.97 bits per heavy atom. The number of phenols is 1. The Bertz CT molecular complexity index is 1070. The SMILES string of the molecule is C=CC(=O)NCCNc1ncnc2c1CCN(c1cc(O)cc3ccccc13)C2. The number of hydrogen-bond donors (Lipinski definition) is 3. The van der Waals surface area contributed by atoms with E-state index in [2.05, 4.69) is 38.1 Å². The maximum atomic E-state index is 11.2. The molecular weight excluding hydrogens is 366 g/mol. The van der Waals surface area contributed by atoms with Crippen LogP contribution in [0.25, 0.3) is 10.8 Å². The van der Waals surface area contributed by atoms with Crippen molar-refractivity contribution in [3.05, 3.63) is 66.6 Å². The van der Waals surface area contributed by atoms with Crippen LogP contribution in [0.15, 0.2) is 55.4 Å². The van der Waals surface area contributed by atoms with Gasteiger partial charge in [-0.15, -0.1) is 0 Å². The van der Waals surface area contributed by atoms with E-state index < -0.39 is 0 Å². The highest BCUT2D eigenvalue weighted by Crippen LogP contribution is 2.34. The molecule has 0 bridgehead atoms. The molecule has 0 saturated heterocycles.